The van der Waals surface area contributed by atoms with Gasteiger partial charge in [0.25, 0.3) is 10.0 Å². The summed E-state index contributed by atoms with van der Waals surface area (Å²) in [4.78, 5) is 28.8. The zero-order chi connectivity index (χ0) is 28.6. The van der Waals surface area contributed by atoms with Crippen molar-refractivity contribution in [2.75, 3.05) is 17.4 Å². The van der Waals surface area contributed by atoms with E-state index in [0.717, 1.165) is 27.4 Å². The predicted molar refractivity (Wildman–Crippen MR) is 159 cm³/mol. The van der Waals surface area contributed by atoms with Gasteiger partial charge in [-0.2, -0.15) is 0 Å². The highest BCUT2D eigenvalue weighted by Gasteiger charge is 2.33. The fraction of sp³-hybridized carbons (Fsp3) is 0.333. The van der Waals surface area contributed by atoms with Gasteiger partial charge >= 0.3 is 0 Å². The van der Waals surface area contributed by atoms with E-state index in [1.54, 1.807) is 36.4 Å². The van der Waals surface area contributed by atoms with Gasteiger partial charge in [-0.25, -0.2) is 8.42 Å². The molecule has 208 valence electrons. The molecule has 3 aromatic rings. The first kappa shape index (κ1) is 30.4. The quantitative estimate of drug-likeness (QED) is 0.288. The van der Waals surface area contributed by atoms with Crippen LogP contribution in [0.25, 0.3) is 0 Å². The molecule has 7 nitrogen and oxygen atoms in total. The SMILES string of the molecule is CCCNC(=O)[C@@H](CC)N(Cc1cccc(C)c1)C(=O)CN(c1cccc(Br)c1)S(=O)(=O)c1ccc(C)cc1. The number of hydrogen-bond acceptors (Lipinski definition) is 4. The van der Waals surface area contributed by atoms with Crippen molar-refractivity contribution >= 4 is 43.5 Å². The average Bonchev–Trinajstić information content (AvgIpc) is 2.90. The highest BCUT2D eigenvalue weighted by molar-refractivity contribution is 9.10. The standard InChI is InChI=1S/C30H36BrN3O4S/c1-5-17-32-30(36)28(6-2)33(20-24-10-7-9-23(4)18-24)29(35)21-34(26-12-8-11-25(31)19-26)39(37,38)27-15-13-22(3)14-16-27/h7-16,18-19,28H,5-6,17,20-21H2,1-4H3,(H,32,36)/t28-/m1/s1. The first-order valence-corrected chi connectivity index (χ1v) is 15.3. The lowest BCUT2D eigenvalue weighted by molar-refractivity contribution is -0.140. The van der Waals surface area contributed by atoms with Crippen LogP contribution in [0.2, 0.25) is 0 Å². The van der Waals surface area contributed by atoms with Gasteiger partial charge in [0.2, 0.25) is 11.8 Å². The number of anilines is 1. The van der Waals surface area contributed by atoms with Crippen LogP contribution in [0.5, 0.6) is 0 Å². The van der Waals surface area contributed by atoms with Crippen molar-refractivity contribution in [2.24, 2.45) is 0 Å². The van der Waals surface area contributed by atoms with E-state index < -0.39 is 28.5 Å². The van der Waals surface area contributed by atoms with E-state index in [1.807, 2.05) is 52.0 Å². The van der Waals surface area contributed by atoms with Gasteiger partial charge in [0.15, 0.2) is 0 Å². The maximum Gasteiger partial charge on any atom is 0.264 e. The maximum atomic E-state index is 14.0. The molecule has 2 amide bonds. The number of nitrogens with zero attached hydrogens (tertiary/aromatic N) is 2. The largest absolute Gasteiger partial charge is 0.354 e. The van der Waals surface area contributed by atoms with E-state index in [0.29, 0.717) is 23.1 Å². The lowest BCUT2D eigenvalue weighted by Gasteiger charge is -2.33. The summed E-state index contributed by atoms with van der Waals surface area (Å²) in [5.41, 5.74) is 3.16. The van der Waals surface area contributed by atoms with Crippen LogP contribution >= 0.6 is 15.9 Å². The monoisotopic (exact) mass is 613 g/mol. The summed E-state index contributed by atoms with van der Waals surface area (Å²) in [6.07, 6.45) is 1.15. The Hall–Kier alpha value is -3.17. The van der Waals surface area contributed by atoms with Crippen LogP contribution in [0.3, 0.4) is 0 Å². The zero-order valence-electron chi connectivity index (χ0n) is 22.9. The van der Waals surface area contributed by atoms with Gasteiger partial charge in [-0.3, -0.25) is 13.9 Å². The molecule has 0 fully saturated rings. The molecule has 0 saturated heterocycles. The van der Waals surface area contributed by atoms with Crippen molar-refractivity contribution in [3.8, 4) is 0 Å². The molecule has 0 saturated carbocycles. The molecule has 39 heavy (non-hydrogen) atoms. The fourth-order valence-electron chi connectivity index (χ4n) is 4.29. The number of halogens is 1. The second kappa shape index (κ2) is 13.8. The van der Waals surface area contributed by atoms with Gasteiger partial charge in [0, 0.05) is 17.6 Å². The molecule has 0 aliphatic heterocycles. The Bertz CT molecular complexity index is 1390. The fourth-order valence-corrected chi connectivity index (χ4v) is 6.08. The normalized spacial score (nSPS) is 12.0. The molecule has 0 aliphatic rings. The molecule has 0 radical (unpaired) electrons. The van der Waals surface area contributed by atoms with E-state index in [9.17, 15) is 18.0 Å². The summed E-state index contributed by atoms with van der Waals surface area (Å²) in [6, 6.07) is 20.3. The Kier molecular flexibility index (Phi) is 10.7. The third-order valence-corrected chi connectivity index (χ3v) is 8.64. The van der Waals surface area contributed by atoms with Gasteiger partial charge < -0.3 is 10.2 Å². The molecule has 3 aromatic carbocycles. The number of rotatable bonds is 12. The Morgan fingerprint density at radius 3 is 2.23 bits per heavy atom. The number of hydrogen-bond donors (Lipinski definition) is 1. The molecular formula is C30H36BrN3O4S. The van der Waals surface area contributed by atoms with Crippen molar-refractivity contribution < 1.29 is 18.0 Å². The van der Waals surface area contributed by atoms with E-state index in [2.05, 4.69) is 21.2 Å². The van der Waals surface area contributed by atoms with Crippen molar-refractivity contribution in [3.05, 3.63) is 94.0 Å². The molecule has 1 N–H and O–H groups in total. The van der Waals surface area contributed by atoms with E-state index in [-0.39, 0.29) is 17.3 Å². The zero-order valence-corrected chi connectivity index (χ0v) is 25.3. The maximum absolute atomic E-state index is 14.0. The van der Waals surface area contributed by atoms with Gasteiger partial charge in [0.1, 0.15) is 12.6 Å². The Labute approximate surface area is 240 Å². The third kappa shape index (κ3) is 7.92. The molecule has 0 bridgehead atoms. The van der Waals surface area contributed by atoms with Crippen molar-refractivity contribution in [1.29, 1.82) is 0 Å². The summed E-state index contributed by atoms with van der Waals surface area (Å²) < 4.78 is 29.6. The average molecular weight is 615 g/mol. The van der Waals surface area contributed by atoms with E-state index >= 15 is 0 Å². The minimum Gasteiger partial charge on any atom is -0.354 e. The summed E-state index contributed by atoms with van der Waals surface area (Å²) >= 11 is 3.42. The molecule has 0 heterocycles. The van der Waals surface area contributed by atoms with Gasteiger partial charge in [0.05, 0.1) is 10.6 Å². The van der Waals surface area contributed by atoms with Crippen LogP contribution in [0.1, 0.15) is 43.4 Å². The van der Waals surface area contributed by atoms with Gasteiger partial charge in [-0.15, -0.1) is 0 Å². The second-order valence-electron chi connectivity index (χ2n) is 9.53. The lowest BCUT2D eigenvalue weighted by Crippen LogP contribution is -2.52. The van der Waals surface area contributed by atoms with Crippen molar-refractivity contribution in [3.63, 3.8) is 0 Å². The van der Waals surface area contributed by atoms with Crippen LogP contribution in [-0.4, -0.2) is 44.3 Å². The number of amides is 2. The number of benzene rings is 3. The van der Waals surface area contributed by atoms with Gasteiger partial charge in [-0.05, 0) is 62.6 Å². The van der Waals surface area contributed by atoms with E-state index in [1.165, 1.54) is 17.0 Å². The number of carbonyl (C=O) groups is 2. The molecule has 0 spiro atoms. The Balaban J connectivity index is 2.05. The topological polar surface area (TPSA) is 86.8 Å². The molecule has 1 atom stereocenters. The summed E-state index contributed by atoms with van der Waals surface area (Å²) in [5, 5.41) is 2.90. The number of aryl methyl sites for hydroxylation is 2. The van der Waals surface area contributed by atoms with Crippen LogP contribution < -0.4 is 9.62 Å². The first-order chi connectivity index (χ1) is 18.6. The third-order valence-electron chi connectivity index (χ3n) is 6.35. The Morgan fingerprint density at radius 1 is 0.923 bits per heavy atom. The van der Waals surface area contributed by atoms with Crippen LogP contribution in [-0.2, 0) is 26.2 Å². The first-order valence-electron chi connectivity index (χ1n) is 13.0. The Morgan fingerprint density at radius 2 is 1.62 bits per heavy atom. The number of carbonyl (C=O) groups excluding carboxylic acids is 2. The van der Waals surface area contributed by atoms with E-state index in [4.69, 9.17) is 0 Å². The van der Waals surface area contributed by atoms with Crippen LogP contribution in [0, 0.1) is 13.8 Å². The predicted octanol–water partition coefficient (Wildman–Crippen LogP) is 5.59. The highest BCUT2D eigenvalue weighted by Crippen LogP contribution is 2.27. The molecule has 0 aliphatic carbocycles. The smallest absolute Gasteiger partial charge is 0.264 e. The van der Waals surface area contributed by atoms with Crippen LogP contribution in [0.4, 0.5) is 5.69 Å². The van der Waals surface area contributed by atoms with Crippen molar-refractivity contribution in [1.82, 2.24) is 10.2 Å². The lowest BCUT2D eigenvalue weighted by atomic mass is 10.1. The van der Waals surface area contributed by atoms with Gasteiger partial charge in [-0.1, -0.05) is 83.4 Å². The summed E-state index contributed by atoms with van der Waals surface area (Å²) in [5.74, 6) is -0.721. The molecule has 0 aromatic heterocycles. The van der Waals surface area contributed by atoms with Crippen LogP contribution in [0.15, 0.2) is 82.2 Å². The minimum absolute atomic E-state index is 0.0823. The highest BCUT2D eigenvalue weighted by atomic mass is 79.9. The molecule has 9 heteroatoms. The number of sulfonamides is 1. The summed E-state index contributed by atoms with van der Waals surface area (Å²) in [6.45, 7) is 7.86. The second-order valence-corrected chi connectivity index (χ2v) is 12.3. The van der Waals surface area contributed by atoms with Crippen molar-refractivity contribution in [2.45, 2.75) is 58.0 Å². The molecule has 0 unspecified atom stereocenters. The number of nitrogens with one attached hydrogen (secondary N) is 1. The minimum atomic E-state index is -4.10. The molecule has 3 rings (SSSR count). The summed E-state index contributed by atoms with van der Waals surface area (Å²) in [7, 11) is -4.10. The molecular weight excluding hydrogens is 578 g/mol.